The molecule has 1 heterocycles. The van der Waals surface area contributed by atoms with Gasteiger partial charge in [-0.1, -0.05) is 61.4 Å². The quantitative estimate of drug-likeness (QED) is 0.405. The van der Waals surface area contributed by atoms with Gasteiger partial charge in [-0.25, -0.2) is 4.39 Å². The lowest BCUT2D eigenvalue weighted by Crippen LogP contribution is -2.27. The molecule has 0 radical (unpaired) electrons. The van der Waals surface area contributed by atoms with Gasteiger partial charge in [-0.3, -0.25) is 0 Å². The third kappa shape index (κ3) is 5.67. The minimum absolute atomic E-state index is 0.0296. The summed E-state index contributed by atoms with van der Waals surface area (Å²) in [6, 6.07) is 10.1. The Balaban J connectivity index is 1.56. The highest BCUT2D eigenvalue weighted by molar-refractivity contribution is 5.69. The van der Waals surface area contributed by atoms with Crippen LogP contribution in [0, 0.1) is 11.7 Å². The summed E-state index contributed by atoms with van der Waals surface area (Å²) in [6.07, 6.45) is 4.08. The zero-order valence-electron chi connectivity index (χ0n) is 18.8. The highest BCUT2D eigenvalue weighted by atomic mass is 19.4. The maximum absolute atomic E-state index is 15.2. The van der Waals surface area contributed by atoms with Crippen LogP contribution in [0.1, 0.15) is 68.1 Å². The van der Waals surface area contributed by atoms with Gasteiger partial charge in [0.1, 0.15) is 5.82 Å². The lowest BCUT2D eigenvalue weighted by atomic mass is 9.93. The molecule has 2 atom stereocenters. The SMILES string of the molecule is CCOC1CCC(/C=C/c2ccc(-c3ccc(C4CCCC4)cc3)c(F)c2C(F)(F)F)CO1. The standard InChI is InChI=1S/C27H30F4O2/c1-2-32-24-16-8-18(17-33-24)7-9-22-14-15-23(26(28)25(22)27(29,30)31)21-12-10-20(11-13-21)19-5-3-4-6-19/h7,9-15,18-19,24H,2-6,8,16-17H2,1H3/b9-7+. The highest BCUT2D eigenvalue weighted by Gasteiger charge is 2.37. The van der Waals surface area contributed by atoms with E-state index < -0.39 is 17.6 Å². The molecule has 4 rings (SSSR count). The van der Waals surface area contributed by atoms with Crippen molar-refractivity contribution in [1.29, 1.82) is 0 Å². The molecule has 2 aliphatic rings. The lowest BCUT2D eigenvalue weighted by Gasteiger charge is -2.27. The zero-order valence-corrected chi connectivity index (χ0v) is 18.8. The minimum Gasteiger partial charge on any atom is -0.353 e. The van der Waals surface area contributed by atoms with Crippen molar-refractivity contribution >= 4 is 6.08 Å². The number of ether oxygens (including phenoxy) is 2. The molecule has 2 aromatic rings. The summed E-state index contributed by atoms with van der Waals surface area (Å²) in [5.74, 6) is -0.766. The van der Waals surface area contributed by atoms with Crippen LogP contribution in [0.5, 0.6) is 0 Å². The smallest absolute Gasteiger partial charge is 0.353 e. The van der Waals surface area contributed by atoms with Crippen LogP contribution >= 0.6 is 0 Å². The van der Waals surface area contributed by atoms with Gasteiger partial charge in [0.05, 0.1) is 12.2 Å². The van der Waals surface area contributed by atoms with Crippen LogP contribution in [-0.2, 0) is 15.7 Å². The van der Waals surface area contributed by atoms with E-state index in [0.29, 0.717) is 31.1 Å². The van der Waals surface area contributed by atoms with Crippen LogP contribution in [0.25, 0.3) is 17.2 Å². The van der Waals surface area contributed by atoms with Crippen LogP contribution in [0.2, 0.25) is 0 Å². The molecule has 0 amide bonds. The van der Waals surface area contributed by atoms with E-state index in [9.17, 15) is 13.2 Å². The van der Waals surface area contributed by atoms with E-state index in [0.717, 1.165) is 19.3 Å². The Kier molecular flexibility index (Phi) is 7.55. The molecule has 0 aromatic heterocycles. The fourth-order valence-electron chi connectivity index (χ4n) is 4.89. The molecule has 33 heavy (non-hydrogen) atoms. The summed E-state index contributed by atoms with van der Waals surface area (Å²) < 4.78 is 67.8. The van der Waals surface area contributed by atoms with Gasteiger partial charge in [0.25, 0.3) is 0 Å². The highest BCUT2D eigenvalue weighted by Crippen LogP contribution is 2.40. The first-order valence-corrected chi connectivity index (χ1v) is 11.8. The minimum atomic E-state index is -4.80. The third-order valence-corrected chi connectivity index (χ3v) is 6.68. The molecule has 0 N–H and O–H groups in total. The summed E-state index contributed by atoms with van der Waals surface area (Å²) in [5.41, 5.74) is 0.211. The Labute approximate surface area is 192 Å². The summed E-state index contributed by atoms with van der Waals surface area (Å²) in [7, 11) is 0. The first-order chi connectivity index (χ1) is 15.9. The number of benzene rings is 2. The van der Waals surface area contributed by atoms with E-state index in [1.165, 1.54) is 36.6 Å². The van der Waals surface area contributed by atoms with Crippen LogP contribution in [0.4, 0.5) is 17.6 Å². The molecule has 2 aromatic carbocycles. The van der Waals surface area contributed by atoms with Crippen molar-refractivity contribution in [2.45, 2.75) is 63.8 Å². The zero-order chi connectivity index (χ0) is 23.4. The van der Waals surface area contributed by atoms with E-state index in [1.54, 1.807) is 18.2 Å². The Morgan fingerprint density at radius 2 is 1.73 bits per heavy atom. The van der Waals surface area contributed by atoms with Crippen molar-refractivity contribution in [2.24, 2.45) is 5.92 Å². The normalized spacial score (nSPS) is 22.3. The number of halogens is 4. The van der Waals surface area contributed by atoms with Crippen LogP contribution in [0.3, 0.4) is 0 Å². The molecule has 0 bridgehead atoms. The summed E-state index contributed by atoms with van der Waals surface area (Å²) in [5, 5.41) is 0. The summed E-state index contributed by atoms with van der Waals surface area (Å²) in [6.45, 7) is 2.81. The van der Waals surface area contributed by atoms with Crippen LogP contribution in [-0.4, -0.2) is 19.5 Å². The average Bonchev–Trinajstić information content (AvgIpc) is 3.33. The number of alkyl halides is 3. The van der Waals surface area contributed by atoms with Crippen molar-refractivity contribution in [3.05, 3.63) is 65.0 Å². The second-order valence-electron chi connectivity index (χ2n) is 8.91. The van der Waals surface area contributed by atoms with Crippen molar-refractivity contribution in [2.75, 3.05) is 13.2 Å². The van der Waals surface area contributed by atoms with Crippen LogP contribution < -0.4 is 0 Å². The molecule has 1 aliphatic carbocycles. The average molecular weight is 463 g/mol. The molecule has 2 nitrogen and oxygen atoms in total. The monoisotopic (exact) mass is 462 g/mol. The van der Waals surface area contributed by atoms with E-state index in [1.807, 2.05) is 19.1 Å². The van der Waals surface area contributed by atoms with E-state index in [2.05, 4.69) is 0 Å². The molecule has 1 saturated heterocycles. The molecule has 1 saturated carbocycles. The predicted molar refractivity (Wildman–Crippen MR) is 121 cm³/mol. The maximum Gasteiger partial charge on any atom is 0.419 e. The number of hydrogen-bond donors (Lipinski definition) is 0. The summed E-state index contributed by atoms with van der Waals surface area (Å²) in [4.78, 5) is 0. The molecular formula is C27H30F4O2. The van der Waals surface area contributed by atoms with Gasteiger partial charge < -0.3 is 9.47 Å². The van der Waals surface area contributed by atoms with Gasteiger partial charge in [0.15, 0.2) is 6.29 Å². The second kappa shape index (κ2) is 10.4. The first kappa shape index (κ1) is 24.0. The molecular weight excluding hydrogens is 432 g/mol. The van der Waals surface area contributed by atoms with Crippen molar-refractivity contribution in [3.63, 3.8) is 0 Å². The van der Waals surface area contributed by atoms with Gasteiger partial charge in [-0.2, -0.15) is 13.2 Å². The van der Waals surface area contributed by atoms with E-state index in [4.69, 9.17) is 9.47 Å². The molecule has 178 valence electrons. The third-order valence-electron chi connectivity index (χ3n) is 6.68. The Hall–Kier alpha value is -2.18. The molecule has 6 heteroatoms. The second-order valence-corrected chi connectivity index (χ2v) is 8.91. The largest absolute Gasteiger partial charge is 0.419 e. The Bertz CT molecular complexity index is 951. The predicted octanol–water partition coefficient (Wildman–Crippen LogP) is 7.97. The summed E-state index contributed by atoms with van der Waals surface area (Å²) >= 11 is 0. The lowest BCUT2D eigenvalue weighted by molar-refractivity contribution is -0.167. The Morgan fingerprint density at radius 1 is 1.00 bits per heavy atom. The van der Waals surface area contributed by atoms with Crippen molar-refractivity contribution in [1.82, 2.24) is 0 Å². The van der Waals surface area contributed by atoms with Gasteiger partial charge in [-0.05, 0) is 55.2 Å². The molecule has 2 fully saturated rings. The van der Waals surface area contributed by atoms with Gasteiger partial charge in [-0.15, -0.1) is 0 Å². The topological polar surface area (TPSA) is 18.5 Å². The maximum atomic E-state index is 15.2. The van der Waals surface area contributed by atoms with Crippen molar-refractivity contribution < 1.29 is 27.0 Å². The van der Waals surface area contributed by atoms with Crippen LogP contribution in [0.15, 0.2) is 42.5 Å². The Morgan fingerprint density at radius 3 is 2.33 bits per heavy atom. The molecule has 2 unspecified atom stereocenters. The van der Waals surface area contributed by atoms with E-state index >= 15 is 4.39 Å². The van der Waals surface area contributed by atoms with Gasteiger partial charge >= 0.3 is 6.18 Å². The fraction of sp³-hybridized carbons (Fsp3) is 0.481. The molecule has 0 spiro atoms. The van der Waals surface area contributed by atoms with Gasteiger partial charge in [0, 0.05) is 18.1 Å². The van der Waals surface area contributed by atoms with Gasteiger partial charge in [0.2, 0.25) is 0 Å². The number of rotatable bonds is 6. The molecule has 1 aliphatic heterocycles. The fourth-order valence-corrected chi connectivity index (χ4v) is 4.89. The first-order valence-electron chi connectivity index (χ1n) is 11.8. The van der Waals surface area contributed by atoms with E-state index in [-0.39, 0.29) is 23.3 Å². The van der Waals surface area contributed by atoms with Crippen molar-refractivity contribution in [3.8, 4) is 11.1 Å². The number of hydrogen-bond acceptors (Lipinski definition) is 2.